The fraction of sp³-hybridized carbons (Fsp3) is 0.129. The van der Waals surface area contributed by atoms with Crippen LogP contribution in [0.2, 0.25) is 0 Å². The van der Waals surface area contributed by atoms with E-state index >= 15 is 0 Å². The summed E-state index contributed by atoms with van der Waals surface area (Å²) < 4.78 is 16.2. The molecule has 194 valence electrons. The number of rotatable bonds is 9. The average Bonchev–Trinajstić information content (AvgIpc) is 2.89. The first kappa shape index (κ1) is 27.8. The van der Waals surface area contributed by atoms with E-state index in [1.54, 1.807) is 81.4 Å². The van der Waals surface area contributed by atoms with Crippen LogP contribution in [0.25, 0.3) is 22.3 Å². The van der Waals surface area contributed by atoms with E-state index in [2.05, 4.69) is 19.7 Å². The lowest BCUT2D eigenvalue weighted by Gasteiger charge is -2.17. The Hall–Kier alpha value is -4.75. The van der Waals surface area contributed by atoms with E-state index in [1.165, 1.54) is 0 Å². The smallest absolute Gasteiger partial charge is 0.338 e. The second-order valence-corrected chi connectivity index (χ2v) is 8.72. The summed E-state index contributed by atoms with van der Waals surface area (Å²) in [6, 6.07) is 16.7. The van der Waals surface area contributed by atoms with Crippen LogP contribution >= 0.6 is 0 Å². The Bertz CT molecular complexity index is 1430. The Morgan fingerprint density at radius 3 is 1.42 bits per heavy atom. The summed E-state index contributed by atoms with van der Waals surface area (Å²) in [5, 5.41) is 10.2. The molecule has 0 atom stereocenters. The zero-order valence-electron chi connectivity index (χ0n) is 21.5. The summed E-state index contributed by atoms with van der Waals surface area (Å²) in [5.41, 5.74) is 3.85. The van der Waals surface area contributed by atoms with Gasteiger partial charge in [-0.05, 0) is 79.4 Å². The second-order valence-electron chi connectivity index (χ2n) is 8.72. The Morgan fingerprint density at radius 2 is 1.03 bits per heavy atom. The minimum Gasteiger partial charge on any atom is -0.423 e. The third-order valence-corrected chi connectivity index (χ3v) is 5.38. The van der Waals surface area contributed by atoms with Crippen LogP contribution in [0.3, 0.4) is 0 Å². The summed E-state index contributed by atoms with van der Waals surface area (Å²) in [6.07, 6.45) is 0. The van der Waals surface area contributed by atoms with Crippen LogP contribution in [0.15, 0.2) is 97.1 Å². The molecule has 0 aliphatic rings. The Balaban J connectivity index is 2.05. The van der Waals surface area contributed by atoms with Crippen molar-refractivity contribution in [2.75, 3.05) is 0 Å². The van der Waals surface area contributed by atoms with Crippen LogP contribution in [0, 0.1) is 0 Å². The number of aliphatic hydroxyl groups is 1. The number of benzene rings is 3. The fourth-order valence-electron chi connectivity index (χ4n) is 3.31. The van der Waals surface area contributed by atoms with Crippen LogP contribution in [0.4, 0.5) is 0 Å². The Morgan fingerprint density at radius 1 is 0.632 bits per heavy atom. The molecule has 0 spiro atoms. The number of carbonyl (C=O) groups excluding carboxylic acids is 3. The zero-order valence-corrected chi connectivity index (χ0v) is 21.5. The van der Waals surface area contributed by atoms with Crippen LogP contribution in [-0.2, 0) is 21.0 Å². The molecule has 7 heteroatoms. The zero-order chi connectivity index (χ0) is 28.0. The lowest BCUT2D eigenvalue weighted by Crippen LogP contribution is -2.10. The number of hydrogen-bond acceptors (Lipinski definition) is 7. The minimum absolute atomic E-state index is 0.217. The topological polar surface area (TPSA) is 99.1 Å². The van der Waals surface area contributed by atoms with Gasteiger partial charge >= 0.3 is 17.9 Å². The lowest BCUT2D eigenvalue weighted by molar-refractivity contribution is -0.130. The molecule has 3 rings (SSSR count). The molecular formula is C31H28O7. The van der Waals surface area contributed by atoms with E-state index in [9.17, 15) is 19.5 Å². The number of hydrogen-bond donors (Lipinski definition) is 1. The normalized spacial score (nSPS) is 10.3. The predicted octanol–water partition coefficient (Wildman–Crippen LogP) is 5.96. The number of ether oxygens (including phenoxy) is 3. The molecule has 0 fully saturated rings. The standard InChI is InChI=1S/C31H28O7/c1-18(2)29(33)36-24-11-7-21(8-12-24)26-16-28(38-31(35)20(5)6)27(15-23(26)17-32)22-9-13-25(14-10-22)37-30(34)19(3)4/h7-16,32H,1,3,5,17H2,2,4,6H3. The summed E-state index contributed by atoms with van der Waals surface area (Å²) in [4.78, 5) is 36.1. The molecule has 0 aromatic heterocycles. The molecule has 0 bridgehead atoms. The van der Waals surface area contributed by atoms with Crippen molar-refractivity contribution in [3.05, 3.63) is 103 Å². The molecule has 0 unspecified atom stereocenters. The molecule has 0 radical (unpaired) electrons. The van der Waals surface area contributed by atoms with E-state index in [1.807, 2.05) is 0 Å². The van der Waals surface area contributed by atoms with Crippen molar-refractivity contribution in [1.29, 1.82) is 0 Å². The maximum atomic E-state index is 12.4. The molecule has 0 aliphatic carbocycles. The van der Waals surface area contributed by atoms with Gasteiger partial charge in [-0.15, -0.1) is 0 Å². The first-order valence-corrected chi connectivity index (χ1v) is 11.6. The highest BCUT2D eigenvalue weighted by atomic mass is 16.5. The predicted molar refractivity (Wildman–Crippen MR) is 145 cm³/mol. The van der Waals surface area contributed by atoms with Gasteiger partial charge in [0, 0.05) is 22.3 Å². The molecule has 0 heterocycles. The molecule has 7 nitrogen and oxygen atoms in total. The Labute approximate surface area is 221 Å². The van der Waals surface area contributed by atoms with Gasteiger partial charge in [0.2, 0.25) is 0 Å². The molecule has 0 saturated carbocycles. The highest BCUT2D eigenvalue weighted by Gasteiger charge is 2.18. The number of esters is 3. The third kappa shape index (κ3) is 6.72. The second kappa shape index (κ2) is 12.0. The highest BCUT2D eigenvalue weighted by molar-refractivity contribution is 5.92. The van der Waals surface area contributed by atoms with Crippen molar-refractivity contribution in [2.45, 2.75) is 27.4 Å². The van der Waals surface area contributed by atoms with Crippen molar-refractivity contribution in [3.8, 4) is 39.5 Å². The van der Waals surface area contributed by atoms with Crippen molar-refractivity contribution < 1.29 is 33.7 Å². The van der Waals surface area contributed by atoms with Gasteiger partial charge in [0.05, 0.1) is 6.61 Å². The van der Waals surface area contributed by atoms with Crippen LogP contribution in [-0.4, -0.2) is 23.0 Å². The molecule has 0 aliphatic heterocycles. The molecular weight excluding hydrogens is 484 g/mol. The van der Waals surface area contributed by atoms with Gasteiger partial charge in [0.25, 0.3) is 0 Å². The number of carbonyl (C=O) groups is 3. The Kier molecular flexibility index (Phi) is 8.78. The molecule has 0 saturated heterocycles. The summed E-state index contributed by atoms with van der Waals surface area (Å²) in [5.74, 6) is -0.773. The van der Waals surface area contributed by atoms with Gasteiger partial charge in [-0.25, -0.2) is 14.4 Å². The van der Waals surface area contributed by atoms with Crippen molar-refractivity contribution in [3.63, 3.8) is 0 Å². The van der Waals surface area contributed by atoms with Gasteiger partial charge in [0.15, 0.2) is 0 Å². The van der Waals surface area contributed by atoms with Crippen LogP contribution < -0.4 is 14.2 Å². The quantitative estimate of drug-likeness (QED) is 0.215. The van der Waals surface area contributed by atoms with Crippen molar-refractivity contribution in [2.24, 2.45) is 0 Å². The largest absolute Gasteiger partial charge is 0.423 e. The molecule has 3 aromatic carbocycles. The van der Waals surface area contributed by atoms with Crippen molar-refractivity contribution >= 4 is 17.9 Å². The monoisotopic (exact) mass is 512 g/mol. The first-order valence-electron chi connectivity index (χ1n) is 11.6. The molecule has 38 heavy (non-hydrogen) atoms. The minimum atomic E-state index is -0.608. The van der Waals surface area contributed by atoms with Gasteiger partial charge in [-0.1, -0.05) is 44.0 Å². The van der Waals surface area contributed by atoms with Crippen molar-refractivity contribution in [1.82, 2.24) is 0 Å². The molecule has 1 N–H and O–H groups in total. The maximum absolute atomic E-state index is 12.4. The van der Waals surface area contributed by atoms with Gasteiger partial charge < -0.3 is 19.3 Å². The summed E-state index contributed by atoms with van der Waals surface area (Å²) in [6.45, 7) is 15.1. The summed E-state index contributed by atoms with van der Waals surface area (Å²) >= 11 is 0. The van der Waals surface area contributed by atoms with Crippen LogP contribution in [0.5, 0.6) is 17.2 Å². The molecule has 0 amide bonds. The SMILES string of the molecule is C=C(C)C(=O)Oc1ccc(-c2cc(OC(=O)C(=C)C)c(-c3ccc(OC(=O)C(=C)C)cc3)cc2CO)cc1. The van der Waals surface area contributed by atoms with E-state index < -0.39 is 17.9 Å². The fourth-order valence-corrected chi connectivity index (χ4v) is 3.31. The van der Waals surface area contributed by atoms with Gasteiger partial charge in [-0.2, -0.15) is 0 Å². The summed E-state index contributed by atoms with van der Waals surface area (Å²) in [7, 11) is 0. The highest BCUT2D eigenvalue weighted by Crippen LogP contribution is 2.38. The van der Waals surface area contributed by atoms with Gasteiger partial charge in [0.1, 0.15) is 17.2 Å². The van der Waals surface area contributed by atoms with Crippen LogP contribution in [0.1, 0.15) is 26.3 Å². The van der Waals surface area contributed by atoms with E-state index in [0.29, 0.717) is 39.3 Å². The maximum Gasteiger partial charge on any atom is 0.338 e. The lowest BCUT2D eigenvalue weighted by atomic mass is 9.94. The first-order chi connectivity index (χ1) is 18.0. The van der Waals surface area contributed by atoms with Gasteiger partial charge in [-0.3, -0.25) is 0 Å². The average molecular weight is 513 g/mol. The van der Waals surface area contributed by atoms with E-state index in [0.717, 1.165) is 0 Å². The molecule has 3 aromatic rings. The third-order valence-electron chi connectivity index (χ3n) is 5.38. The van der Waals surface area contributed by atoms with E-state index in [4.69, 9.17) is 14.2 Å². The number of aliphatic hydroxyl groups excluding tert-OH is 1. The van der Waals surface area contributed by atoms with E-state index in [-0.39, 0.29) is 29.1 Å².